The first-order valence-corrected chi connectivity index (χ1v) is 8.99. The molecule has 6 heteroatoms. The first-order chi connectivity index (χ1) is 13.1. The Kier molecular flexibility index (Phi) is 4.39. The molecule has 1 heterocycles. The van der Waals surface area contributed by atoms with Gasteiger partial charge in [-0.1, -0.05) is 24.3 Å². The van der Waals surface area contributed by atoms with Gasteiger partial charge in [0.05, 0.1) is 24.2 Å². The van der Waals surface area contributed by atoms with Crippen LogP contribution in [0.3, 0.4) is 0 Å². The van der Waals surface area contributed by atoms with Gasteiger partial charge >= 0.3 is 0 Å². The van der Waals surface area contributed by atoms with Gasteiger partial charge in [-0.15, -0.1) is 0 Å². The van der Waals surface area contributed by atoms with Gasteiger partial charge in [-0.05, 0) is 48.6 Å². The van der Waals surface area contributed by atoms with E-state index < -0.39 is 11.5 Å². The number of hydrogen-bond donors (Lipinski definition) is 1. The summed E-state index contributed by atoms with van der Waals surface area (Å²) in [5, 5.41) is 3.03. The monoisotopic (exact) mass is 363 g/mol. The van der Waals surface area contributed by atoms with Crippen LogP contribution in [0.25, 0.3) is 11.0 Å². The van der Waals surface area contributed by atoms with E-state index in [1.807, 2.05) is 42.5 Å². The zero-order valence-corrected chi connectivity index (χ0v) is 15.3. The van der Waals surface area contributed by atoms with Crippen molar-refractivity contribution in [3.63, 3.8) is 0 Å². The van der Waals surface area contributed by atoms with Crippen LogP contribution in [0, 0.1) is 5.92 Å². The number of para-hydroxylation sites is 2. The number of carbonyl (C=O) groups excluding carboxylic acids is 1. The van der Waals surface area contributed by atoms with Crippen molar-refractivity contribution in [3.05, 3.63) is 70.1 Å². The van der Waals surface area contributed by atoms with Gasteiger partial charge in [-0.3, -0.25) is 9.59 Å². The van der Waals surface area contributed by atoms with Crippen LogP contribution in [-0.2, 0) is 7.05 Å². The Labute approximate surface area is 156 Å². The first kappa shape index (κ1) is 17.3. The number of amides is 1. The fourth-order valence-electron chi connectivity index (χ4n) is 3.35. The van der Waals surface area contributed by atoms with E-state index in [1.165, 1.54) is 4.57 Å². The van der Waals surface area contributed by atoms with E-state index in [4.69, 9.17) is 4.74 Å². The molecule has 1 N–H and O–H groups in total. The summed E-state index contributed by atoms with van der Waals surface area (Å²) in [7, 11) is 3.28. The smallest absolute Gasteiger partial charge is 0.282 e. The van der Waals surface area contributed by atoms with Gasteiger partial charge in [0.25, 0.3) is 11.5 Å². The summed E-state index contributed by atoms with van der Waals surface area (Å²) < 4.78 is 6.67. The molecule has 2 aromatic carbocycles. The predicted molar refractivity (Wildman–Crippen MR) is 103 cm³/mol. The number of benzene rings is 2. The molecule has 1 aliphatic carbocycles. The lowest BCUT2D eigenvalue weighted by atomic mass is 10.0. The molecule has 138 valence electrons. The number of methoxy groups -OCH3 is 1. The van der Waals surface area contributed by atoms with Gasteiger partial charge < -0.3 is 14.6 Å². The van der Waals surface area contributed by atoms with Crippen LogP contribution in [0.2, 0.25) is 0 Å². The normalized spacial score (nSPS) is 14.7. The molecular weight excluding hydrogens is 342 g/mol. The Hall–Kier alpha value is -3.15. The second-order valence-corrected chi connectivity index (χ2v) is 6.88. The SMILES string of the molecule is COc1ccc([C@@H](NC(=O)c2nc3ccccc3n(C)c2=O)C2CC2)cc1. The number of fused-ring (bicyclic) bond motifs is 1. The van der Waals surface area contributed by atoms with E-state index in [0.717, 1.165) is 24.2 Å². The van der Waals surface area contributed by atoms with E-state index >= 15 is 0 Å². The quantitative estimate of drug-likeness (QED) is 0.756. The van der Waals surface area contributed by atoms with Gasteiger partial charge in [0.1, 0.15) is 5.75 Å². The number of carbonyl (C=O) groups is 1. The molecule has 1 saturated carbocycles. The molecule has 1 atom stereocenters. The lowest BCUT2D eigenvalue weighted by Crippen LogP contribution is -2.36. The second kappa shape index (κ2) is 6.87. The highest BCUT2D eigenvalue weighted by atomic mass is 16.5. The van der Waals surface area contributed by atoms with Crippen LogP contribution in [0.15, 0.2) is 53.3 Å². The summed E-state index contributed by atoms with van der Waals surface area (Å²) in [6, 6.07) is 14.8. The van der Waals surface area contributed by atoms with Gasteiger partial charge in [-0.25, -0.2) is 4.98 Å². The van der Waals surface area contributed by atoms with Gasteiger partial charge in [-0.2, -0.15) is 0 Å². The number of aryl methyl sites for hydroxylation is 1. The predicted octanol–water partition coefficient (Wildman–Crippen LogP) is 2.82. The Balaban J connectivity index is 1.66. The van der Waals surface area contributed by atoms with Crippen LogP contribution in [0.4, 0.5) is 0 Å². The lowest BCUT2D eigenvalue weighted by molar-refractivity contribution is 0.0924. The van der Waals surface area contributed by atoms with Crippen molar-refractivity contribution < 1.29 is 9.53 Å². The zero-order valence-electron chi connectivity index (χ0n) is 15.3. The fourth-order valence-corrected chi connectivity index (χ4v) is 3.35. The molecule has 0 aliphatic heterocycles. The molecule has 3 aromatic rings. The summed E-state index contributed by atoms with van der Waals surface area (Å²) in [5.41, 5.74) is 1.86. The maximum Gasteiger partial charge on any atom is 0.282 e. The van der Waals surface area contributed by atoms with E-state index in [2.05, 4.69) is 10.3 Å². The Morgan fingerprint density at radius 3 is 2.56 bits per heavy atom. The molecule has 0 saturated heterocycles. The van der Waals surface area contributed by atoms with Crippen molar-refractivity contribution in [2.24, 2.45) is 13.0 Å². The Bertz CT molecular complexity index is 1050. The maximum absolute atomic E-state index is 12.9. The largest absolute Gasteiger partial charge is 0.497 e. The van der Waals surface area contributed by atoms with Gasteiger partial charge in [0, 0.05) is 7.05 Å². The molecule has 0 unspecified atom stereocenters. The highest BCUT2D eigenvalue weighted by Gasteiger charge is 2.34. The first-order valence-electron chi connectivity index (χ1n) is 8.99. The molecule has 0 radical (unpaired) electrons. The van der Waals surface area contributed by atoms with Crippen molar-refractivity contribution in [1.29, 1.82) is 0 Å². The van der Waals surface area contributed by atoms with E-state index in [1.54, 1.807) is 20.2 Å². The summed E-state index contributed by atoms with van der Waals surface area (Å²) >= 11 is 0. The zero-order chi connectivity index (χ0) is 19.0. The van der Waals surface area contributed by atoms with E-state index in [0.29, 0.717) is 17.0 Å². The molecule has 27 heavy (non-hydrogen) atoms. The van der Waals surface area contributed by atoms with Crippen molar-refractivity contribution in [2.75, 3.05) is 7.11 Å². The van der Waals surface area contributed by atoms with Crippen LogP contribution < -0.4 is 15.6 Å². The Morgan fingerprint density at radius 1 is 1.19 bits per heavy atom. The van der Waals surface area contributed by atoms with Crippen molar-refractivity contribution in [3.8, 4) is 5.75 Å². The third-order valence-corrected chi connectivity index (χ3v) is 5.05. The summed E-state index contributed by atoms with van der Waals surface area (Å²) in [6.07, 6.45) is 2.11. The van der Waals surface area contributed by atoms with Crippen LogP contribution >= 0.6 is 0 Å². The molecule has 4 rings (SSSR count). The number of nitrogens with one attached hydrogen (secondary N) is 1. The molecule has 1 aliphatic rings. The van der Waals surface area contributed by atoms with Crippen molar-refractivity contribution in [1.82, 2.24) is 14.9 Å². The van der Waals surface area contributed by atoms with E-state index in [-0.39, 0.29) is 11.7 Å². The standard InChI is InChI=1S/C21H21N3O3/c1-24-17-6-4-3-5-16(17)22-19(21(24)26)20(25)23-18(13-7-8-13)14-9-11-15(27-2)12-10-14/h3-6,9-13,18H,7-8H2,1-2H3,(H,23,25)/t18-/m0/s1. The van der Waals surface area contributed by atoms with Crippen molar-refractivity contribution in [2.45, 2.75) is 18.9 Å². The number of hydrogen-bond acceptors (Lipinski definition) is 4. The molecule has 0 bridgehead atoms. The van der Waals surface area contributed by atoms with Crippen LogP contribution in [-0.4, -0.2) is 22.6 Å². The number of ether oxygens (including phenoxy) is 1. The average Bonchev–Trinajstić information content (AvgIpc) is 3.54. The summed E-state index contributed by atoms with van der Waals surface area (Å²) in [6.45, 7) is 0. The molecule has 0 spiro atoms. The number of nitrogens with zero attached hydrogens (tertiary/aromatic N) is 2. The average molecular weight is 363 g/mol. The Morgan fingerprint density at radius 2 is 1.89 bits per heavy atom. The molecule has 6 nitrogen and oxygen atoms in total. The van der Waals surface area contributed by atoms with E-state index in [9.17, 15) is 9.59 Å². The summed E-state index contributed by atoms with van der Waals surface area (Å²) in [4.78, 5) is 29.8. The fraction of sp³-hybridized carbons (Fsp3) is 0.286. The minimum Gasteiger partial charge on any atom is -0.497 e. The third kappa shape index (κ3) is 3.30. The third-order valence-electron chi connectivity index (χ3n) is 5.05. The number of rotatable bonds is 5. The second-order valence-electron chi connectivity index (χ2n) is 6.88. The minimum atomic E-state index is -0.436. The van der Waals surface area contributed by atoms with Crippen molar-refractivity contribution >= 4 is 16.9 Å². The number of aromatic nitrogens is 2. The molecule has 1 fully saturated rings. The van der Waals surface area contributed by atoms with Gasteiger partial charge in [0.2, 0.25) is 0 Å². The molecule has 1 aromatic heterocycles. The highest BCUT2D eigenvalue weighted by Crippen LogP contribution is 2.41. The minimum absolute atomic E-state index is 0.0737. The molecule has 1 amide bonds. The van der Waals surface area contributed by atoms with Crippen LogP contribution in [0.5, 0.6) is 5.75 Å². The maximum atomic E-state index is 12.9. The lowest BCUT2D eigenvalue weighted by Gasteiger charge is -2.19. The molecular formula is C21H21N3O3. The topological polar surface area (TPSA) is 73.2 Å². The van der Waals surface area contributed by atoms with Crippen LogP contribution in [0.1, 0.15) is 34.9 Å². The highest BCUT2D eigenvalue weighted by molar-refractivity contribution is 5.94. The van der Waals surface area contributed by atoms with Gasteiger partial charge in [0.15, 0.2) is 5.69 Å². The summed E-state index contributed by atoms with van der Waals surface area (Å²) in [5.74, 6) is 0.713.